The molecule has 2 aliphatic rings. The number of halogens is 1. The molecule has 1 aromatic carbocycles. The molecule has 1 aromatic rings. The summed E-state index contributed by atoms with van der Waals surface area (Å²) in [5.41, 5.74) is 1.43. The number of nitrogens with one attached hydrogen (secondary N) is 3. The quantitative estimate of drug-likeness (QED) is 0.732. The maximum atomic E-state index is 12.3. The molecule has 3 N–H and O–H groups in total. The predicted molar refractivity (Wildman–Crippen MR) is 105 cm³/mol. The SMILES string of the molecule is Cl.O=C(CC1COCCN1)Nc1cccc(NC(=O)C2CCCCC2)c1. The molecule has 7 heteroatoms. The van der Waals surface area contributed by atoms with Crippen LogP contribution in [0.5, 0.6) is 0 Å². The van der Waals surface area contributed by atoms with Gasteiger partial charge < -0.3 is 20.7 Å². The van der Waals surface area contributed by atoms with Gasteiger partial charge in [0.1, 0.15) is 0 Å². The highest BCUT2D eigenvalue weighted by atomic mass is 35.5. The molecule has 3 rings (SSSR count). The maximum absolute atomic E-state index is 12.3. The lowest BCUT2D eigenvalue weighted by Gasteiger charge is -2.23. The fourth-order valence-corrected chi connectivity index (χ4v) is 3.47. The molecule has 1 saturated carbocycles. The summed E-state index contributed by atoms with van der Waals surface area (Å²) in [4.78, 5) is 24.5. The van der Waals surface area contributed by atoms with E-state index < -0.39 is 0 Å². The molecule has 144 valence electrons. The molecule has 1 aliphatic heterocycles. The summed E-state index contributed by atoms with van der Waals surface area (Å²) >= 11 is 0. The maximum Gasteiger partial charge on any atom is 0.227 e. The zero-order chi connectivity index (χ0) is 17.5. The summed E-state index contributed by atoms with van der Waals surface area (Å²) in [5, 5.41) is 9.15. The summed E-state index contributed by atoms with van der Waals surface area (Å²) in [7, 11) is 0. The number of amides is 2. The highest BCUT2D eigenvalue weighted by Gasteiger charge is 2.21. The molecule has 6 nitrogen and oxygen atoms in total. The van der Waals surface area contributed by atoms with Gasteiger partial charge in [0.05, 0.1) is 13.2 Å². The molecule has 2 amide bonds. The molecule has 26 heavy (non-hydrogen) atoms. The van der Waals surface area contributed by atoms with Gasteiger partial charge in [0, 0.05) is 36.3 Å². The molecule has 2 fully saturated rings. The first-order valence-corrected chi connectivity index (χ1v) is 9.22. The van der Waals surface area contributed by atoms with Crippen molar-refractivity contribution in [3.8, 4) is 0 Å². The van der Waals surface area contributed by atoms with Crippen molar-refractivity contribution in [3.05, 3.63) is 24.3 Å². The van der Waals surface area contributed by atoms with Gasteiger partial charge in [-0.15, -0.1) is 12.4 Å². The van der Waals surface area contributed by atoms with Crippen molar-refractivity contribution in [2.45, 2.75) is 44.6 Å². The second-order valence-electron chi connectivity index (χ2n) is 6.88. The number of rotatable bonds is 5. The Hall–Kier alpha value is -1.63. The number of benzene rings is 1. The van der Waals surface area contributed by atoms with Crippen LogP contribution in [0.25, 0.3) is 0 Å². The summed E-state index contributed by atoms with van der Waals surface area (Å²) in [6.45, 7) is 2.03. The van der Waals surface area contributed by atoms with E-state index in [-0.39, 0.29) is 36.2 Å². The molecule has 1 atom stereocenters. The van der Waals surface area contributed by atoms with E-state index in [4.69, 9.17) is 4.74 Å². The Morgan fingerprint density at radius 3 is 2.54 bits per heavy atom. The lowest BCUT2D eigenvalue weighted by Crippen LogP contribution is -2.43. The minimum absolute atomic E-state index is 0. The lowest BCUT2D eigenvalue weighted by atomic mass is 9.88. The Bertz CT molecular complexity index is 599. The third-order valence-electron chi connectivity index (χ3n) is 4.82. The minimum atomic E-state index is -0.0567. The normalized spacial score (nSPS) is 20.7. The van der Waals surface area contributed by atoms with Crippen molar-refractivity contribution >= 4 is 35.6 Å². The largest absolute Gasteiger partial charge is 0.378 e. The Kier molecular flexibility index (Phi) is 8.35. The third-order valence-corrected chi connectivity index (χ3v) is 4.82. The van der Waals surface area contributed by atoms with Crippen LogP contribution in [0.1, 0.15) is 38.5 Å². The van der Waals surface area contributed by atoms with Crippen LogP contribution >= 0.6 is 12.4 Å². The van der Waals surface area contributed by atoms with E-state index in [0.717, 1.165) is 37.9 Å². The Morgan fingerprint density at radius 1 is 1.12 bits per heavy atom. The van der Waals surface area contributed by atoms with Crippen LogP contribution in [0.15, 0.2) is 24.3 Å². The van der Waals surface area contributed by atoms with Crippen molar-refractivity contribution in [3.63, 3.8) is 0 Å². The van der Waals surface area contributed by atoms with E-state index in [2.05, 4.69) is 16.0 Å². The standard InChI is InChI=1S/C19H27N3O3.ClH/c23-18(12-17-13-25-10-9-20-17)21-15-7-4-8-16(11-15)22-19(24)14-5-2-1-3-6-14;/h4,7-8,11,14,17,20H,1-3,5-6,9-10,12-13H2,(H,21,23)(H,22,24);1H. The lowest BCUT2D eigenvalue weighted by molar-refractivity contribution is -0.120. The molecular weight excluding hydrogens is 354 g/mol. The Morgan fingerprint density at radius 2 is 1.85 bits per heavy atom. The first kappa shape index (κ1) is 20.7. The number of hydrogen-bond acceptors (Lipinski definition) is 4. The third kappa shape index (κ3) is 6.27. The number of morpholine rings is 1. The van der Waals surface area contributed by atoms with Gasteiger partial charge in [0.25, 0.3) is 0 Å². The van der Waals surface area contributed by atoms with Crippen LogP contribution in [0.4, 0.5) is 11.4 Å². The summed E-state index contributed by atoms with van der Waals surface area (Å²) in [6.07, 6.45) is 5.81. The summed E-state index contributed by atoms with van der Waals surface area (Å²) in [6, 6.07) is 7.39. The zero-order valence-electron chi connectivity index (χ0n) is 15.0. The minimum Gasteiger partial charge on any atom is -0.378 e. The number of ether oxygens (including phenoxy) is 1. The number of hydrogen-bond donors (Lipinski definition) is 3. The monoisotopic (exact) mass is 381 g/mol. The second-order valence-corrected chi connectivity index (χ2v) is 6.88. The Balaban J connectivity index is 0.00000243. The van der Waals surface area contributed by atoms with Crippen LogP contribution in [-0.4, -0.2) is 37.6 Å². The van der Waals surface area contributed by atoms with Crippen molar-refractivity contribution in [2.75, 3.05) is 30.4 Å². The van der Waals surface area contributed by atoms with E-state index in [9.17, 15) is 9.59 Å². The van der Waals surface area contributed by atoms with Crippen LogP contribution in [0.3, 0.4) is 0 Å². The van der Waals surface area contributed by atoms with Gasteiger partial charge >= 0.3 is 0 Å². The summed E-state index contributed by atoms with van der Waals surface area (Å²) in [5.74, 6) is 0.148. The second kappa shape index (κ2) is 10.5. The van der Waals surface area contributed by atoms with E-state index >= 15 is 0 Å². The number of carbonyl (C=O) groups excluding carboxylic acids is 2. The Labute approximate surface area is 160 Å². The van der Waals surface area contributed by atoms with Gasteiger partial charge in [-0.1, -0.05) is 25.3 Å². The van der Waals surface area contributed by atoms with Gasteiger partial charge in [-0.2, -0.15) is 0 Å². The molecule has 1 aliphatic carbocycles. The van der Waals surface area contributed by atoms with Crippen molar-refractivity contribution in [1.29, 1.82) is 0 Å². The van der Waals surface area contributed by atoms with E-state index in [0.29, 0.717) is 25.3 Å². The molecular formula is C19H28ClN3O3. The number of anilines is 2. The average molecular weight is 382 g/mol. The smallest absolute Gasteiger partial charge is 0.227 e. The van der Waals surface area contributed by atoms with E-state index in [1.54, 1.807) is 0 Å². The van der Waals surface area contributed by atoms with Gasteiger partial charge in [0.15, 0.2) is 0 Å². The average Bonchev–Trinajstić information content (AvgIpc) is 2.63. The number of carbonyl (C=O) groups is 2. The molecule has 1 heterocycles. The van der Waals surface area contributed by atoms with E-state index in [1.165, 1.54) is 6.42 Å². The van der Waals surface area contributed by atoms with Crippen LogP contribution in [0.2, 0.25) is 0 Å². The fraction of sp³-hybridized carbons (Fsp3) is 0.579. The molecule has 0 radical (unpaired) electrons. The van der Waals surface area contributed by atoms with Crippen LogP contribution in [-0.2, 0) is 14.3 Å². The fourth-order valence-electron chi connectivity index (χ4n) is 3.47. The van der Waals surface area contributed by atoms with Gasteiger partial charge in [-0.3, -0.25) is 9.59 Å². The first-order chi connectivity index (χ1) is 12.2. The van der Waals surface area contributed by atoms with Crippen LogP contribution in [0, 0.1) is 5.92 Å². The predicted octanol–water partition coefficient (Wildman–Crippen LogP) is 2.94. The van der Waals surface area contributed by atoms with Crippen molar-refractivity contribution in [1.82, 2.24) is 5.32 Å². The van der Waals surface area contributed by atoms with Crippen molar-refractivity contribution in [2.24, 2.45) is 5.92 Å². The zero-order valence-corrected chi connectivity index (χ0v) is 15.8. The molecule has 0 aromatic heterocycles. The first-order valence-electron chi connectivity index (χ1n) is 9.22. The van der Waals surface area contributed by atoms with Crippen LogP contribution < -0.4 is 16.0 Å². The van der Waals surface area contributed by atoms with Gasteiger partial charge in [-0.05, 0) is 31.0 Å². The van der Waals surface area contributed by atoms with Gasteiger partial charge in [-0.25, -0.2) is 0 Å². The summed E-state index contributed by atoms with van der Waals surface area (Å²) < 4.78 is 5.36. The van der Waals surface area contributed by atoms with Crippen molar-refractivity contribution < 1.29 is 14.3 Å². The van der Waals surface area contributed by atoms with E-state index in [1.807, 2.05) is 24.3 Å². The highest BCUT2D eigenvalue weighted by Crippen LogP contribution is 2.25. The topological polar surface area (TPSA) is 79.5 Å². The highest BCUT2D eigenvalue weighted by molar-refractivity contribution is 5.95. The van der Waals surface area contributed by atoms with Gasteiger partial charge in [0.2, 0.25) is 11.8 Å². The molecule has 0 bridgehead atoms. The molecule has 1 unspecified atom stereocenters. The molecule has 1 saturated heterocycles. The molecule has 0 spiro atoms.